The number of carbonyl (C=O) groups is 1. The third kappa shape index (κ3) is 4.73. The first-order valence-corrected chi connectivity index (χ1v) is 12.5. The number of anilines is 1. The fourth-order valence-electron chi connectivity index (χ4n) is 4.50. The smallest absolute Gasteiger partial charge is 0.316 e. The molecule has 2 aromatic heterocycles. The molecule has 172 valence electrons. The predicted octanol–water partition coefficient (Wildman–Crippen LogP) is 5.64. The van der Waals surface area contributed by atoms with Gasteiger partial charge in [-0.25, -0.2) is 4.98 Å². The van der Waals surface area contributed by atoms with Crippen LogP contribution in [0.15, 0.2) is 5.03 Å². The first-order valence-electron chi connectivity index (χ1n) is 10.7. The monoisotopic (exact) mass is 490 g/mol. The van der Waals surface area contributed by atoms with Crippen LogP contribution in [0.2, 0.25) is 0 Å². The van der Waals surface area contributed by atoms with Crippen LogP contribution in [0.4, 0.5) is 18.2 Å². The number of hydrogen-bond donors (Lipinski definition) is 1. The summed E-state index contributed by atoms with van der Waals surface area (Å²) in [6.07, 6.45) is 0.435. The zero-order chi connectivity index (χ0) is 23.8. The van der Waals surface area contributed by atoms with Gasteiger partial charge in [0.25, 0.3) is 0 Å². The SMILES string of the molecule is C[C@H]1CCc2nc(SCC(=O)Nc3sc4c(c3C#N)CCCC4)c(C#N)c(C(F)(F)F)c2C1. The molecule has 4 rings (SSSR count). The van der Waals surface area contributed by atoms with Crippen molar-refractivity contribution in [2.45, 2.75) is 63.1 Å². The molecule has 0 unspecified atom stereocenters. The molecule has 0 saturated carbocycles. The van der Waals surface area contributed by atoms with Gasteiger partial charge in [0.05, 0.1) is 22.4 Å². The van der Waals surface area contributed by atoms with E-state index in [0.717, 1.165) is 54.3 Å². The van der Waals surface area contributed by atoms with Gasteiger partial charge in [-0.2, -0.15) is 23.7 Å². The van der Waals surface area contributed by atoms with Crippen LogP contribution in [0.1, 0.15) is 64.6 Å². The molecule has 0 fully saturated rings. The first kappa shape index (κ1) is 23.6. The zero-order valence-electron chi connectivity index (χ0n) is 17.9. The van der Waals surface area contributed by atoms with Crippen LogP contribution in [0.5, 0.6) is 0 Å². The Bertz CT molecular complexity index is 1190. The number of nitriles is 2. The molecule has 0 aliphatic heterocycles. The minimum Gasteiger partial charge on any atom is -0.316 e. The quantitative estimate of drug-likeness (QED) is 0.560. The van der Waals surface area contributed by atoms with E-state index in [4.69, 9.17) is 0 Å². The van der Waals surface area contributed by atoms with E-state index in [1.54, 1.807) is 6.07 Å². The summed E-state index contributed by atoms with van der Waals surface area (Å²) in [6, 6.07) is 3.86. The maximum Gasteiger partial charge on any atom is 0.418 e. The van der Waals surface area contributed by atoms with Gasteiger partial charge in [-0.05, 0) is 62.0 Å². The zero-order valence-corrected chi connectivity index (χ0v) is 19.6. The van der Waals surface area contributed by atoms with Crippen LogP contribution in [0, 0.1) is 28.6 Å². The van der Waals surface area contributed by atoms with Crippen LogP contribution in [-0.2, 0) is 36.7 Å². The van der Waals surface area contributed by atoms with Crippen LogP contribution >= 0.6 is 23.1 Å². The maximum atomic E-state index is 13.9. The molecule has 0 bridgehead atoms. The van der Waals surface area contributed by atoms with E-state index in [0.29, 0.717) is 22.7 Å². The molecule has 0 radical (unpaired) electrons. The van der Waals surface area contributed by atoms with Crippen molar-refractivity contribution in [2.75, 3.05) is 11.1 Å². The lowest BCUT2D eigenvalue weighted by molar-refractivity contribution is -0.138. The fraction of sp³-hybridized carbons (Fsp3) is 0.478. The molecule has 10 heteroatoms. The number of thiophene rings is 1. The Hall–Kier alpha value is -2.56. The van der Waals surface area contributed by atoms with E-state index in [1.807, 2.05) is 6.92 Å². The Balaban J connectivity index is 1.58. The van der Waals surface area contributed by atoms with Crippen LogP contribution in [0.25, 0.3) is 0 Å². The fourth-order valence-corrected chi connectivity index (χ4v) is 6.56. The highest BCUT2D eigenvalue weighted by atomic mass is 32.2. The summed E-state index contributed by atoms with van der Waals surface area (Å²) in [5, 5.41) is 22.2. The number of pyridine rings is 1. The van der Waals surface area contributed by atoms with Gasteiger partial charge in [-0.3, -0.25) is 4.79 Å². The number of fused-ring (bicyclic) bond motifs is 2. The Morgan fingerprint density at radius 3 is 2.61 bits per heavy atom. The molecule has 0 saturated heterocycles. The number of aromatic nitrogens is 1. The Morgan fingerprint density at radius 1 is 1.18 bits per heavy atom. The number of carbonyl (C=O) groups excluding carboxylic acids is 1. The summed E-state index contributed by atoms with van der Waals surface area (Å²) < 4.78 is 41.7. The van der Waals surface area contributed by atoms with E-state index in [2.05, 4.69) is 16.4 Å². The van der Waals surface area contributed by atoms with Crippen LogP contribution in [-0.4, -0.2) is 16.6 Å². The molecule has 33 heavy (non-hydrogen) atoms. The van der Waals surface area contributed by atoms with E-state index in [9.17, 15) is 28.5 Å². The van der Waals surface area contributed by atoms with E-state index in [-0.39, 0.29) is 28.7 Å². The number of halogens is 3. The van der Waals surface area contributed by atoms with Gasteiger partial charge in [0.1, 0.15) is 22.2 Å². The second-order valence-corrected chi connectivity index (χ2v) is 10.5. The summed E-state index contributed by atoms with van der Waals surface area (Å²) in [5.74, 6) is -0.565. The standard InChI is InChI=1S/C23H21F3N4OS2/c1-12-6-7-17-14(8-12)20(23(24,25)26)16(10-28)21(29-17)32-11-19(31)30-22-15(9-27)13-4-2-3-5-18(13)33-22/h12H,2-8,11H2,1H3,(H,30,31)/t12-/m0/s1. The summed E-state index contributed by atoms with van der Waals surface area (Å²) >= 11 is 2.22. The van der Waals surface area contributed by atoms with Gasteiger partial charge < -0.3 is 5.32 Å². The topological polar surface area (TPSA) is 89.6 Å². The number of amides is 1. The largest absolute Gasteiger partial charge is 0.418 e. The molecule has 0 spiro atoms. The first-order chi connectivity index (χ1) is 15.7. The highest BCUT2D eigenvalue weighted by molar-refractivity contribution is 8.00. The van der Waals surface area contributed by atoms with Gasteiger partial charge in [-0.15, -0.1) is 11.3 Å². The summed E-state index contributed by atoms with van der Waals surface area (Å²) in [5.41, 5.74) is 0.504. The van der Waals surface area contributed by atoms with Gasteiger partial charge in [0.2, 0.25) is 5.91 Å². The third-order valence-corrected chi connectivity index (χ3v) is 8.23. The number of aryl methyl sites for hydroxylation is 2. The number of nitrogens with zero attached hydrogens (tertiary/aromatic N) is 3. The number of rotatable bonds is 4. The second kappa shape index (κ2) is 9.36. The van der Waals surface area contributed by atoms with E-state index >= 15 is 0 Å². The molecule has 2 aromatic rings. The molecule has 2 aliphatic rings. The number of alkyl halides is 3. The van der Waals surface area contributed by atoms with Gasteiger partial charge in [-0.1, -0.05) is 18.7 Å². The van der Waals surface area contributed by atoms with E-state index < -0.39 is 23.2 Å². The Kier molecular flexibility index (Phi) is 6.69. The normalized spacial score (nSPS) is 17.5. The highest BCUT2D eigenvalue weighted by Crippen LogP contribution is 2.42. The third-order valence-electron chi connectivity index (χ3n) is 6.05. The van der Waals surface area contributed by atoms with Crippen molar-refractivity contribution in [3.63, 3.8) is 0 Å². The van der Waals surface area contributed by atoms with Crippen molar-refractivity contribution in [1.82, 2.24) is 4.98 Å². The average molecular weight is 491 g/mol. The van der Waals surface area contributed by atoms with Crippen molar-refractivity contribution in [3.8, 4) is 12.1 Å². The van der Waals surface area contributed by atoms with Crippen LogP contribution in [0.3, 0.4) is 0 Å². The molecular formula is C23H21F3N4OS2. The summed E-state index contributed by atoms with van der Waals surface area (Å²) in [7, 11) is 0. The van der Waals surface area contributed by atoms with Crippen molar-refractivity contribution in [3.05, 3.63) is 38.4 Å². The molecule has 2 aliphatic carbocycles. The van der Waals surface area contributed by atoms with Gasteiger partial charge >= 0.3 is 6.18 Å². The van der Waals surface area contributed by atoms with E-state index in [1.165, 1.54) is 11.3 Å². The van der Waals surface area contributed by atoms with Gasteiger partial charge in [0, 0.05) is 10.6 Å². The van der Waals surface area contributed by atoms with Crippen molar-refractivity contribution < 1.29 is 18.0 Å². The minimum atomic E-state index is -4.68. The molecule has 1 N–H and O–H groups in total. The minimum absolute atomic E-state index is 0.0701. The lowest BCUT2D eigenvalue weighted by Gasteiger charge is -2.26. The lowest BCUT2D eigenvalue weighted by Crippen LogP contribution is -2.22. The number of thioether (sulfide) groups is 1. The summed E-state index contributed by atoms with van der Waals surface area (Å²) in [6.45, 7) is 1.89. The number of hydrogen-bond acceptors (Lipinski definition) is 6. The van der Waals surface area contributed by atoms with Crippen LogP contribution < -0.4 is 5.32 Å². The molecule has 2 heterocycles. The predicted molar refractivity (Wildman–Crippen MR) is 120 cm³/mol. The molecule has 1 amide bonds. The lowest BCUT2D eigenvalue weighted by atomic mass is 9.84. The second-order valence-electron chi connectivity index (χ2n) is 8.41. The molecule has 5 nitrogen and oxygen atoms in total. The van der Waals surface area contributed by atoms with Gasteiger partial charge in [0.15, 0.2) is 0 Å². The Labute approximate surface area is 198 Å². The summed E-state index contributed by atoms with van der Waals surface area (Å²) in [4.78, 5) is 18.1. The molecule has 1 atom stereocenters. The van der Waals surface area contributed by atoms with Crippen molar-refractivity contribution in [2.24, 2.45) is 5.92 Å². The van der Waals surface area contributed by atoms with Crippen molar-refractivity contribution in [1.29, 1.82) is 10.5 Å². The van der Waals surface area contributed by atoms with Crippen molar-refractivity contribution >= 4 is 34.0 Å². The average Bonchev–Trinajstić information content (AvgIpc) is 3.12. The number of nitrogens with one attached hydrogen (secondary N) is 1. The Morgan fingerprint density at radius 2 is 1.91 bits per heavy atom. The molecular weight excluding hydrogens is 469 g/mol. The maximum absolute atomic E-state index is 13.9. The molecule has 0 aromatic carbocycles. The highest BCUT2D eigenvalue weighted by Gasteiger charge is 2.40.